The maximum absolute atomic E-state index is 12.3. The van der Waals surface area contributed by atoms with Gasteiger partial charge in [-0.2, -0.15) is 0 Å². The fourth-order valence-electron chi connectivity index (χ4n) is 2.84. The molecule has 1 aromatic heterocycles. The number of amides is 1. The largest absolute Gasteiger partial charge is 0.465 e. The maximum Gasteiger partial charge on any atom is 0.341 e. The van der Waals surface area contributed by atoms with E-state index >= 15 is 0 Å². The Morgan fingerprint density at radius 1 is 1.04 bits per heavy atom. The van der Waals surface area contributed by atoms with E-state index in [9.17, 15) is 9.59 Å². The third-order valence-corrected chi connectivity index (χ3v) is 5.17. The molecule has 1 heterocycles. The highest BCUT2D eigenvalue weighted by Crippen LogP contribution is 2.36. The van der Waals surface area contributed by atoms with Crippen LogP contribution >= 0.6 is 11.3 Å². The topological polar surface area (TPSA) is 55.4 Å². The van der Waals surface area contributed by atoms with Gasteiger partial charge < -0.3 is 10.1 Å². The third kappa shape index (κ3) is 5.70. The molecule has 0 saturated heterocycles. The van der Waals surface area contributed by atoms with Crippen molar-refractivity contribution in [1.82, 2.24) is 0 Å². The van der Waals surface area contributed by atoms with Crippen molar-refractivity contribution in [2.75, 3.05) is 12.4 Å². The Morgan fingerprint density at radius 3 is 2.42 bits per heavy atom. The molecule has 0 fully saturated rings. The number of hydrogen-bond donors (Lipinski definition) is 1. The maximum atomic E-state index is 12.3. The molecule has 4 nitrogen and oxygen atoms in total. The van der Waals surface area contributed by atoms with Crippen LogP contribution in [-0.4, -0.2) is 19.0 Å². The lowest BCUT2D eigenvalue weighted by Crippen LogP contribution is -2.13. The van der Waals surface area contributed by atoms with Gasteiger partial charge in [0.2, 0.25) is 5.91 Å². The van der Waals surface area contributed by atoms with E-state index in [4.69, 9.17) is 4.74 Å². The smallest absolute Gasteiger partial charge is 0.341 e. The summed E-state index contributed by atoms with van der Waals surface area (Å²) < 4.78 is 4.93. The Balaban J connectivity index is 2.01. The van der Waals surface area contributed by atoms with Gasteiger partial charge in [-0.15, -0.1) is 11.3 Å². The highest BCUT2D eigenvalue weighted by molar-refractivity contribution is 7.15. The van der Waals surface area contributed by atoms with Gasteiger partial charge in [-0.25, -0.2) is 4.79 Å². The summed E-state index contributed by atoms with van der Waals surface area (Å²) >= 11 is 1.36. The molecule has 0 aliphatic heterocycles. The lowest BCUT2D eigenvalue weighted by molar-refractivity contribution is -0.116. The first-order chi connectivity index (χ1) is 12.7. The molecular weight excluding hydrogens is 346 g/mol. The number of hydrogen-bond acceptors (Lipinski definition) is 4. The van der Waals surface area contributed by atoms with Crippen LogP contribution in [0.1, 0.15) is 62.2 Å². The zero-order valence-corrected chi connectivity index (χ0v) is 16.4. The minimum Gasteiger partial charge on any atom is -0.465 e. The summed E-state index contributed by atoms with van der Waals surface area (Å²) in [5.74, 6) is -0.480. The molecule has 26 heavy (non-hydrogen) atoms. The first-order valence-corrected chi connectivity index (χ1v) is 10.1. The van der Waals surface area contributed by atoms with E-state index in [2.05, 4.69) is 12.2 Å². The quantitative estimate of drug-likeness (QED) is 0.417. The molecule has 1 amide bonds. The predicted molar refractivity (Wildman–Crippen MR) is 108 cm³/mol. The molecule has 140 valence electrons. The van der Waals surface area contributed by atoms with Crippen LogP contribution in [0.2, 0.25) is 0 Å². The van der Waals surface area contributed by atoms with Gasteiger partial charge >= 0.3 is 5.97 Å². The van der Waals surface area contributed by atoms with E-state index in [0.29, 0.717) is 17.0 Å². The zero-order valence-electron chi connectivity index (χ0n) is 15.5. The van der Waals surface area contributed by atoms with Crippen LogP contribution in [0.5, 0.6) is 0 Å². The fraction of sp³-hybridized carbons (Fsp3) is 0.429. The molecule has 0 bridgehead atoms. The summed E-state index contributed by atoms with van der Waals surface area (Å²) in [6, 6.07) is 9.65. The van der Waals surface area contributed by atoms with Crippen LogP contribution < -0.4 is 5.32 Å². The summed E-state index contributed by atoms with van der Waals surface area (Å²) in [7, 11) is 1.36. The van der Waals surface area contributed by atoms with Gasteiger partial charge in [0.05, 0.1) is 7.11 Å². The average molecular weight is 374 g/mol. The minimum absolute atomic E-state index is 0.0490. The Bertz CT molecular complexity index is 709. The highest BCUT2D eigenvalue weighted by atomic mass is 32.1. The summed E-state index contributed by atoms with van der Waals surface area (Å²) in [5.41, 5.74) is 2.15. The normalized spacial score (nSPS) is 10.5. The second kappa shape index (κ2) is 10.8. The van der Waals surface area contributed by atoms with Gasteiger partial charge in [-0.1, -0.05) is 69.4 Å². The molecule has 2 rings (SSSR count). The van der Waals surface area contributed by atoms with Crippen LogP contribution in [0.15, 0.2) is 35.7 Å². The summed E-state index contributed by atoms with van der Waals surface area (Å²) in [4.78, 5) is 24.5. The lowest BCUT2D eigenvalue weighted by Gasteiger charge is -2.08. The molecule has 0 aliphatic carbocycles. The molecular formula is C21H27NO3S. The second-order valence-electron chi connectivity index (χ2n) is 6.28. The highest BCUT2D eigenvalue weighted by Gasteiger charge is 2.22. The number of carbonyl (C=O) groups is 2. The number of rotatable bonds is 10. The van der Waals surface area contributed by atoms with E-state index in [1.807, 2.05) is 35.7 Å². The average Bonchev–Trinajstić information content (AvgIpc) is 3.08. The van der Waals surface area contributed by atoms with Gasteiger partial charge in [-0.05, 0) is 12.0 Å². The molecule has 0 aliphatic rings. The number of nitrogens with one attached hydrogen (secondary N) is 1. The fourth-order valence-corrected chi connectivity index (χ4v) is 3.81. The monoisotopic (exact) mass is 373 g/mol. The SMILES string of the molecule is CCCCCCCCC(=O)Nc1scc(-c2ccccc2)c1C(=O)OC. The van der Waals surface area contributed by atoms with Crippen molar-refractivity contribution in [3.8, 4) is 11.1 Å². The zero-order chi connectivity index (χ0) is 18.8. The van der Waals surface area contributed by atoms with Crippen molar-refractivity contribution in [2.24, 2.45) is 0 Å². The Hall–Kier alpha value is -2.14. The Morgan fingerprint density at radius 2 is 1.73 bits per heavy atom. The van der Waals surface area contributed by atoms with E-state index < -0.39 is 5.97 Å². The predicted octanol–water partition coefficient (Wildman–Crippen LogP) is 5.89. The molecule has 0 atom stereocenters. The first-order valence-electron chi connectivity index (χ1n) is 9.22. The molecule has 1 N–H and O–H groups in total. The van der Waals surface area contributed by atoms with Crippen LogP contribution in [-0.2, 0) is 9.53 Å². The van der Waals surface area contributed by atoms with Crippen LogP contribution in [0.25, 0.3) is 11.1 Å². The number of unbranched alkanes of at least 4 members (excludes halogenated alkanes) is 5. The summed E-state index contributed by atoms with van der Waals surface area (Å²) in [6.07, 6.45) is 7.30. The molecule has 0 radical (unpaired) electrons. The third-order valence-electron chi connectivity index (χ3n) is 4.28. The molecule has 0 unspecified atom stereocenters. The second-order valence-corrected chi connectivity index (χ2v) is 7.16. The molecule has 2 aromatic rings. The number of benzene rings is 1. The molecule has 0 spiro atoms. The van der Waals surface area contributed by atoms with Crippen LogP contribution in [0.3, 0.4) is 0 Å². The van der Waals surface area contributed by atoms with Crippen molar-refractivity contribution in [3.05, 3.63) is 41.3 Å². The van der Waals surface area contributed by atoms with Gasteiger partial charge in [0.25, 0.3) is 0 Å². The van der Waals surface area contributed by atoms with Gasteiger partial charge in [0.1, 0.15) is 10.6 Å². The van der Waals surface area contributed by atoms with Crippen molar-refractivity contribution in [1.29, 1.82) is 0 Å². The number of methoxy groups -OCH3 is 1. The first kappa shape index (κ1) is 20.2. The minimum atomic E-state index is -0.431. The van der Waals surface area contributed by atoms with Crippen LogP contribution in [0.4, 0.5) is 5.00 Å². The number of anilines is 1. The standard InChI is InChI=1S/C21H27NO3S/c1-3-4-5-6-7-11-14-18(23)22-20-19(21(24)25-2)17(15-26-20)16-12-9-8-10-13-16/h8-10,12-13,15H,3-7,11,14H2,1-2H3,(H,22,23). The van der Waals surface area contributed by atoms with E-state index in [0.717, 1.165) is 24.0 Å². The molecule has 5 heteroatoms. The molecule has 1 aromatic carbocycles. The summed E-state index contributed by atoms with van der Waals surface area (Å²) in [5, 5.41) is 5.35. The van der Waals surface area contributed by atoms with Gasteiger partial charge in [-0.3, -0.25) is 4.79 Å². The number of esters is 1. The summed E-state index contributed by atoms with van der Waals surface area (Å²) in [6.45, 7) is 2.19. The van der Waals surface area contributed by atoms with Crippen molar-refractivity contribution in [3.63, 3.8) is 0 Å². The number of thiophene rings is 1. The Kier molecular flexibility index (Phi) is 8.35. The van der Waals surface area contributed by atoms with Crippen molar-refractivity contribution < 1.29 is 14.3 Å². The number of carbonyl (C=O) groups excluding carboxylic acids is 2. The molecule has 0 saturated carbocycles. The van der Waals surface area contributed by atoms with Crippen LogP contribution in [0, 0.1) is 0 Å². The number of ether oxygens (including phenoxy) is 1. The van der Waals surface area contributed by atoms with Gasteiger partial charge in [0.15, 0.2) is 0 Å². The van der Waals surface area contributed by atoms with Crippen molar-refractivity contribution >= 4 is 28.2 Å². The van der Waals surface area contributed by atoms with Gasteiger partial charge in [0, 0.05) is 17.4 Å². The van der Waals surface area contributed by atoms with E-state index in [1.165, 1.54) is 44.1 Å². The van der Waals surface area contributed by atoms with E-state index in [1.54, 1.807) is 0 Å². The van der Waals surface area contributed by atoms with Crippen molar-refractivity contribution in [2.45, 2.75) is 51.9 Å². The lowest BCUT2D eigenvalue weighted by atomic mass is 10.0. The van der Waals surface area contributed by atoms with E-state index in [-0.39, 0.29) is 5.91 Å². The Labute approximate surface area is 159 Å².